The Hall–Kier alpha value is -2.17. The Morgan fingerprint density at radius 1 is 1.08 bits per heavy atom. The van der Waals surface area contributed by atoms with E-state index in [4.69, 9.17) is 5.73 Å². The number of hydrogen-bond donors (Lipinski definition) is 2. The minimum atomic E-state index is -0.650. The third-order valence-electron chi connectivity index (χ3n) is 4.89. The highest BCUT2D eigenvalue weighted by Crippen LogP contribution is 2.16. The third-order valence-corrected chi connectivity index (χ3v) is 4.89. The van der Waals surface area contributed by atoms with Crippen LogP contribution in [0.15, 0.2) is 30.3 Å². The fourth-order valence-corrected chi connectivity index (χ4v) is 2.55. The van der Waals surface area contributed by atoms with Crippen LogP contribution in [-0.4, -0.2) is 23.6 Å². The molecule has 0 bridgehead atoms. The molecule has 5 heteroatoms. The van der Waals surface area contributed by atoms with Crippen LogP contribution in [0.2, 0.25) is 0 Å². The molecule has 0 aromatic heterocycles. The summed E-state index contributed by atoms with van der Waals surface area (Å²) in [4.78, 5) is 36.4. The Morgan fingerprint density at radius 3 is 2.20 bits per heavy atom. The SMILES string of the molecule is CC[C@H](C)[C@H](C)C(=O)N[C@@H](Cc1ccccc1)C(=O)C[C@@H](C)C(N)=O. The van der Waals surface area contributed by atoms with Crippen molar-refractivity contribution in [1.82, 2.24) is 5.32 Å². The lowest BCUT2D eigenvalue weighted by Gasteiger charge is -2.23. The largest absolute Gasteiger partial charge is 0.369 e. The van der Waals surface area contributed by atoms with E-state index in [1.54, 1.807) is 6.92 Å². The first-order chi connectivity index (χ1) is 11.8. The molecule has 138 valence electrons. The number of Topliss-reactive ketones (excluding diaryl/α,β-unsaturated/α-hetero) is 1. The van der Waals surface area contributed by atoms with Gasteiger partial charge in [-0.2, -0.15) is 0 Å². The van der Waals surface area contributed by atoms with Crippen LogP contribution in [0, 0.1) is 17.8 Å². The molecule has 1 rings (SSSR count). The first-order valence-corrected chi connectivity index (χ1v) is 8.92. The molecule has 1 aromatic rings. The van der Waals surface area contributed by atoms with Crippen LogP contribution in [0.25, 0.3) is 0 Å². The molecule has 0 aliphatic carbocycles. The summed E-state index contributed by atoms with van der Waals surface area (Å²) in [7, 11) is 0. The van der Waals surface area contributed by atoms with Crippen molar-refractivity contribution in [2.45, 2.75) is 53.0 Å². The summed E-state index contributed by atoms with van der Waals surface area (Å²) in [5, 5.41) is 2.88. The van der Waals surface area contributed by atoms with Gasteiger partial charge in [-0.15, -0.1) is 0 Å². The summed E-state index contributed by atoms with van der Waals surface area (Å²) in [5.74, 6) is -1.29. The maximum Gasteiger partial charge on any atom is 0.223 e. The third kappa shape index (κ3) is 6.69. The maximum absolute atomic E-state index is 12.6. The number of carbonyl (C=O) groups is 3. The molecule has 0 radical (unpaired) electrons. The zero-order valence-electron chi connectivity index (χ0n) is 15.6. The number of hydrogen-bond acceptors (Lipinski definition) is 3. The summed E-state index contributed by atoms with van der Waals surface area (Å²) in [6.45, 7) is 7.56. The minimum Gasteiger partial charge on any atom is -0.369 e. The maximum atomic E-state index is 12.6. The molecule has 0 saturated carbocycles. The van der Waals surface area contributed by atoms with Gasteiger partial charge in [0.25, 0.3) is 0 Å². The molecule has 0 saturated heterocycles. The average Bonchev–Trinajstić information content (AvgIpc) is 2.60. The second-order valence-corrected chi connectivity index (χ2v) is 6.90. The van der Waals surface area contributed by atoms with Crippen LogP contribution in [0.5, 0.6) is 0 Å². The smallest absolute Gasteiger partial charge is 0.223 e. The van der Waals surface area contributed by atoms with E-state index in [2.05, 4.69) is 5.32 Å². The highest BCUT2D eigenvalue weighted by atomic mass is 16.2. The number of primary amides is 1. The quantitative estimate of drug-likeness (QED) is 0.682. The normalized spacial score (nSPS) is 15.7. The zero-order chi connectivity index (χ0) is 19.0. The van der Waals surface area contributed by atoms with Crippen molar-refractivity contribution in [1.29, 1.82) is 0 Å². The van der Waals surface area contributed by atoms with Crippen LogP contribution >= 0.6 is 0 Å². The van der Waals surface area contributed by atoms with E-state index in [9.17, 15) is 14.4 Å². The Labute approximate surface area is 150 Å². The van der Waals surface area contributed by atoms with Crippen molar-refractivity contribution in [2.24, 2.45) is 23.5 Å². The van der Waals surface area contributed by atoms with Gasteiger partial charge in [-0.3, -0.25) is 14.4 Å². The number of benzene rings is 1. The highest BCUT2D eigenvalue weighted by Gasteiger charge is 2.27. The Morgan fingerprint density at radius 2 is 1.68 bits per heavy atom. The number of ketones is 1. The summed E-state index contributed by atoms with van der Waals surface area (Å²) in [5.41, 5.74) is 6.23. The molecule has 3 N–H and O–H groups in total. The van der Waals surface area contributed by atoms with Crippen LogP contribution in [0.3, 0.4) is 0 Å². The van der Waals surface area contributed by atoms with Gasteiger partial charge in [0.1, 0.15) is 0 Å². The molecule has 4 atom stereocenters. The minimum absolute atomic E-state index is 0.0326. The molecular weight excluding hydrogens is 316 g/mol. The molecule has 1 aromatic carbocycles. The molecule has 0 fully saturated rings. The molecule has 25 heavy (non-hydrogen) atoms. The number of rotatable bonds is 10. The number of carbonyl (C=O) groups excluding carboxylic acids is 3. The lowest BCUT2D eigenvalue weighted by Crippen LogP contribution is -2.46. The van der Waals surface area contributed by atoms with Gasteiger partial charge in [0.05, 0.1) is 6.04 Å². The van der Waals surface area contributed by atoms with E-state index in [0.717, 1.165) is 12.0 Å². The van der Waals surface area contributed by atoms with E-state index in [1.807, 2.05) is 51.1 Å². The number of nitrogens with two attached hydrogens (primary N) is 1. The number of amides is 2. The topological polar surface area (TPSA) is 89.3 Å². The summed E-state index contributed by atoms with van der Waals surface area (Å²) in [6.07, 6.45) is 1.33. The van der Waals surface area contributed by atoms with Gasteiger partial charge in [-0.1, -0.05) is 64.4 Å². The lowest BCUT2D eigenvalue weighted by atomic mass is 9.91. The van der Waals surface area contributed by atoms with Crippen LogP contribution in [0.1, 0.15) is 46.1 Å². The van der Waals surface area contributed by atoms with Crippen LogP contribution in [-0.2, 0) is 20.8 Å². The molecule has 5 nitrogen and oxygen atoms in total. The lowest BCUT2D eigenvalue weighted by molar-refractivity contribution is -0.132. The molecular formula is C20H30N2O3. The first-order valence-electron chi connectivity index (χ1n) is 8.92. The van der Waals surface area contributed by atoms with Gasteiger partial charge in [0, 0.05) is 18.3 Å². The Kier molecular flexibility index (Phi) is 8.32. The fourth-order valence-electron chi connectivity index (χ4n) is 2.55. The van der Waals surface area contributed by atoms with Crippen LogP contribution < -0.4 is 11.1 Å². The molecule has 0 aliphatic heterocycles. The van der Waals surface area contributed by atoms with Crippen molar-refractivity contribution < 1.29 is 14.4 Å². The fraction of sp³-hybridized carbons (Fsp3) is 0.550. The van der Waals surface area contributed by atoms with E-state index < -0.39 is 17.9 Å². The van der Waals surface area contributed by atoms with E-state index in [1.165, 1.54) is 0 Å². The highest BCUT2D eigenvalue weighted by molar-refractivity contribution is 5.92. The Bertz CT molecular complexity index is 586. The molecule has 0 aliphatic rings. The van der Waals surface area contributed by atoms with E-state index in [-0.39, 0.29) is 29.9 Å². The van der Waals surface area contributed by atoms with Gasteiger partial charge >= 0.3 is 0 Å². The van der Waals surface area contributed by atoms with E-state index in [0.29, 0.717) is 6.42 Å². The van der Waals surface area contributed by atoms with Gasteiger partial charge in [-0.05, 0) is 17.9 Å². The summed E-state index contributed by atoms with van der Waals surface area (Å²) < 4.78 is 0. The predicted molar refractivity (Wildman–Crippen MR) is 98.7 cm³/mol. The summed E-state index contributed by atoms with van der Waals surface area (Å²) in [6, 6.07) is 8.88. The summed E-state index contributed by atoms with van der Waals surface area (Å²) >= 11 is 0. The Balaban J connectivity index is 2.88. The average molecular weight is 346 g/mol. The molecule has 0 heterocycles. The van der Waals surface area contributed by atoms with Gasteiger partial charge < -0.3 is 11.1 Å². The van der Waals surface area contributed by atoms with Crippen molar-refractivity contribution in [2.75, 3.05) is 0 Å². The number of nitrogens with one attached hydrogen (secondary N) is 1. The van der Waals surface area contributed by atoms with Crippen molar-refractivity contribution >= 4 is 17.6 Å². The van der Waals surface area contributed by atoms with Gasteiger partial charge in [0.15, 0.2) is 5.78 Å². The second-order valence-electron chi connectivity index (χ2n) is 6.90. The standard InChI is InChI=1S/C20H30N2O3/c1-5-13(2)15(4)20(25)22-17(12-16-9-7-6-8-10-16)18(23)11-14(3)19(21)24/h6-10,13-15,17H,5,11-12H2,1-4H3,(H2,21,24)(H,22,25)/t13-,14+,15-,17-/m0/s1. The van der Waals surface area contributed by atoms with Crippen molar-refractivity contribution in [3.05, 3.63) is 35.9 Å². The molecule has 0 unspecified atom stereocenters. The molecule has 2 amide bonds. The van der Waals surface area contributed by atoms with Crippen molar-refractivity contribution in [3.63, 3.8) is 0 Å². The van der Waals surface area contributed by atoms with Crippen LogP contribution in [0.4, 0.5) is 0 Å². The van der Waals surface area contributed by atoms with Crippen molar-refractivity contribution in [3.8, 4) is 0 Å². The van der Waals surface area contributed by atoms with Gasteiger partial charge in [-0.25, -0.2) is 0 Å². The first kappa shape index (κ1) is 20.9. The van der Waals surface area contributed by atoms with E-state index >= 15 is 0 Å². The zero-order valence-corrected chi connectivity index (χ0v) is 15.6. The van der Waals surface area contributed by atoms with Gasteiger partial charge in [0.2, 0.25) is 11.8 Å². The monoisotopic (exact) mass is 346 g/mol. The molecule has 0 spiro atoms. The predicted octanol–water partition coefficient (Wildman–Crippen LogP) is 2.48. The second kappa shape index (κ2) is 9.97.